The molecule has 0 amide bonds. The van der Waals surface area contributed by atoms with E-state index in [9.17, 15) is 10.2 Å². The molecule has 0 aromatic heterocycles. The van der Waals surface area contributed by atoms with E-state index in [0.29, 0.717) is 26.2 Å². The van der Waals surface area contributed by atoms with Gasteiger partial charge >= 0.3 is 0 Å². The Morgan fingerprint density at radius 1 is 1.17 bits per heavy atom. The number of nitrogens with one attached hydrogen (secondary N) is 1. The van der Waals surface area contributed by atoms with Crippen molar-refractivity contribution in [2.45, 2.75) is 39.2 Å². The van der Waals surface area contributed by atoms with Crippen LogP contribution in [0.15, 0.2) is 18.2 Å². The fourth-order valence-corrected chi connectivity index (χ4v) is 3.49. The van der Waals surface area contributed by atoms with Crippen molar-refractivity contribution in [1.29, 1.82) is 0 Å². The van der Waals surface area contributed by atoms with E-state index in [4.69, 9.17) is 14.2 Å². The molecule has 29 heavy (non-hydrogen) atoms. The van der Waals surface area contributed by atoms with E-state index in [2.05, 4.69) is 24.1 Å². The van der Waals surface area contributed by atoms with Gasteiger partial charge in [0.15, 0.2) is 11.5 Å². The standard InChI is InChI=1S/C22H38N2O5/c1-3-24(4-2)10-5-9-23-14-20(26)16-27-15-19(8-11-25)12-18-6-7-21-22(13-18)29-17-28-21/h6-7,13,19-20,23,25-26H,3-5,8-12,14-17H2,1-2H3. The molecule has 0 spiro atoms. The predicted octanol–water partition coefficient (Wildman–Crippen LogP) is 1.66. The largest absolute Gasteiger partial charge is 0.454 e. The topological polar surface area (TPSA) is 83.4 Å². The zero-order chi connectivity index (χ0) is 20.9. The smallest absolute Gasteiger partial charge is 0.231 e. The third-order valence-corrected chi connectivity index (χ3v) is 5.26. The lowest BCUT2D eigenvalue weighted by Crippen LogP contribution is -2.33. The molecule has 3 N–H and O–H groups in total. The first-order chi connectivity index (χ1) is 14.2. The Morgan fingerprint density at radius 2 is 1.97 bits per heavy atom. The number of rotatable bonds is 16. The molecule has 7 nitrogen and oxygen atoms in total. The number of ether oxygens (including phenoxy) is 3. The molecule has 2 rings (SSSR count). The Hall–Kier alpha value is -1.38. The highest BCUT2D eigenvalue weighted by Crippen LogP contribution is 2.33. The lowest BCUT2D eigenvalue weighted by atomic mass is 9.97. The molecule has 1 heterocycles. The number of nitrogens with zero attached hydrogens (tertiary/aromatic N) is 1. The van der Waals surface area contributed by atoms with Crippen molar-refractivity contribution in [1.82, 2.24) is 10.2 Å². The van der Waals surface area contributed by atoms with Gasteiger partial charge in [0.1, 0.15) is 0 Å². The van der Waals surface area contributed by atoms with Crippen molar-refractivity contribution in [3.8, 4) is 11.5 Å². The number of hydrogen-bond donors (Lipinski definition) is 3. The molecule has 1 aliphatic heterocycles. The maximum Gasteiger partial charge on any atom is 0.231 e. The van der Waals surface area contributed by atoms with Crippen LogP contribution >= 0.6 is 0 Å². The predicted molar refractivity (Wildman–Crippen MR) is 114 cm³/mol. The van der Waals surface area contributed by atoms with Gasteiger partial charge in [-0.3, -0.25) is 0 Å². The van der Waals surface area contributed by atoms with Crippen molar-refractivity contribution < 1.29 is 24.4 Å². The van der Waals surface area contributed by atoms with Crippen molar-refractivity contribution >= 4 is 0 Å². The summed E-state index contributed by atoms with van der Waals surface area (Å²) < 4.78 is 16.5. The van der Waals surface area contributed by atoms with Gasteiger partial charge in [-0.15, -0.1) is 0 Å². The molecule has 1 aliphatic rings. The molecule has 2 unspecified atom stereocenters. The van der Waals surface area contributed by atoms with Crippen LogP contribution in [0.2, 0.25) is 0 Å². The second kappa shape index (κ2) is 13.8. The molecule has 0 aliphatic carbocycles. The second-order valence-corrected chi connectivity index (χ2v) is 7.55. The van der Waals surface area contributed by atoms with Gasteiger partial charge in [-0.05, 0) is 69.1 Å². The van der Waals surface area contributed by atoms with Gasteiger partial charge < -0.3 is 34.6 Å². The maximum absolute atomic E-state index is 10.1. The Balaban J connectivity index is 1.61. The number of aliphatic hydroxyl groups is 2. The van der Waals surface area contributed by atoms with Gasteiger partial charge in [-0.1, -0.05) is 19.9 Å². The summed E-state index contributed by atoms with van der Waals surface area (Å²) in [6.45, 7) is 10.2. The van der Waals surface area contributed by atoms with Crippen molar-refractivity contribution in [3.63, 3.8) is 0 Å². The molecule has 2 atom stereocenters. The van der Waals surface area contributed by atoms with Crippen molar-refractivity contribution in [2.75, 3.05) is 59.3 Å². The summed E-state index contributed by atoms with van der Waals surface area (Å²) in [4.78, 5) is 2.39. The van der Waals surface area contributed by atoms with Crippen LogP contribution in [0.25, 0.3) is 0 Å². The molecular formula is C22H38N2O5. The van der Waals surface area contributed by atoms with Gasteiger partial charge in [0.25, 0.3) is 0 Å². The summed E-state index contributed by atoms with van der Waals surface area (Å²) in [7, 11) is 0. The van der Waals surface area contributed by atoms with Gasteiger partial charge in [-0.2, -0.15) is 0 Å². The van der Waals surface area contributed by atoms with Crippen molar-refractivity contribution in [2.24, 2.45) is 5.92 Å². The molecule has 1 aromatic carbocycles. The number of aliphatic hydroxyl groups excluding tert-OH is 2. The molecule has 0 fully saturated rings. The van der Waals surface area contributed by atoms with Crippen LogP contribution in [0.4, 0.5) is 0 Å². The SMILES string of the molecule is CCN(CC)CCCNCC(O)COCC(CCO)Cc1ccc2c(c1)OCO2. The van der Waals surface area contributed by atoms with Gasteiger partial charge in [0, 0.05) is 19.8 Å². The Labute approximate surface area is 175 Å². The molecule has 1 aromatic rings. The zero-order valence-electron chi connectivity index (χ0n) is 17.9. The summed E-state index contributed by atoms with van der Waals surface area (Å²) >= 11 is 0. The third-order valence-electron chi connectivity index (χ3n) is 5.26. The fourth-order valence-electron chi connectivity index (χ4n) is 3.49. The van der Waals surface area contributed by atoms with Crippen LogP contribution in [-0.4, -0.2) is 80.6 Å². The van der Waals surface area contributed by atoms with E-state index >= 15 is 0 Å². The Bertz CT molecular complexity index is 568. The lowest BCUT2D eigenvalue weighted by molar-refractivity contribution is 0.0179. The van der Waals surface area contributed by atoms with Gasteiger partial charge in [0.2, 0.25) is 6.79 Å². The number of benzene rings is 1. The molecule has 0 saturated carbocycles. The van der Waals surface area contributed by atoms with Crippen molar-refractivity contribution in [3.05, 3.63) is 23.8 Å². The molecule has 166 valence electrons. The Kier molecular flexibility index (Phi) is 11.3. The van der Waals surface area contributed by atoms with Crippen LogP contribution < -0.4 is 14.8 Å². The van der Waals surface area contributed by atoms with Crippen LogP contribution in [-0.2, 0) is 11.2 Å². The van der Waals surface area contributed by atoms with E-state index in [1.165, 1.54) is 0 Å². The van der Waals surface area contributed by atoms with Crippen LogP contribution in [0.1, 0.15) is 32.3 Å². The monoisotopic (exact) mass is 410 g/mol. The summed E-state index contributed by atoms with van der Waals surface area (Å²) in [6.07, 6.45) is 2.00. The minimum atomic E-state index is -0.524. The molecule has 7 heteroatoms. The third kappa shape index (κ3) is 8.88. The minimum absolute atomic E-state index is 0.120. The molecule has 0 saturated heterocycles. The van der Waals surface area contributed by atoms with Crippen LogP contribution in [0, 0.1) is 5.92 Å². The lowest BCUT2D eigenvalue weighted by Gasteiger charge is -2.19. The first-order valence-electron chi connectivity index (χ1n) is 10.8. The Morgan fingerprint density at radius 3 is 2.72 bits per heavy atom. The first kappa shape index (κ1) is 23.9. The zero-order valence-corrected chi connectivity index (χ0v) is 17.9. The summed E-state index contributed by atoms with van der Waals surface area (Å²) in [5, 5.41) is 22.8. The number of hydrogen-bond acceptors (Lipinski definition) is 7. The minimum Gasteiger partial charge on any atom is -0.454 e. The highest BCUT2D eigenvalue weighted by atomic mass is 16.7. The normalized spacial score (nSPS) is 15.1. The summed E-state index contributed by atoms with van der Waals surface area (Å²) in [6, 6.07) is 5.93. The maximum atomic E-state index is 10.1. The second-order valence-electron chi connectivity index (χ2n) is 7.55. The highest BCUT2D eigenvalue weighted by molar-refractivity contribution is 5.44. The molecule has 0 radical (unpaired) electrons. The van der Waals surface area contributed by atoms with E-state index < -0.39 is 6.10 Å². The van der Waals surface area contributed by atoms with E-state index in [1.54, 1.807) is 0 Å². The highest BCUT2D eigenvalue weighted by Gasteiger charge is 2.16. The van der Waals surface area contributed by atoms with Gasteiger partial charge in [0.05, 0.1) is 12.7 Å². The summed E-state index contributed by atoms with van der Waals surface area (Å²) in [5.74, 6) is 1.74. The van der Waals surface area contributed by atoms with E-state index in [0.717, 1.165) is 56.1 Å². The molecular weight excluding hydrogens is 372 g/mol. The molecule has 0 bridgehead atoms. The van der Waals surface area contributed by atoms with Crippen LogP contribution in [0.3, 0.4) is 0 Å². The first-order valence-corrected chi connectivity index (χ1v) is 10.8. The average Bonchev–Trinajstić information content (AvgIpc) is 3.18. The average molecular weight is 411 g/mol. The quantitative estimate of drug-likeness (QED) is 0.358. The van der Waals surface area contributed by atoms with Crippen LogP contribution in [0.5, 0.6) is 11.5 Å². The number of fused-ring (bicyclic) bond motifs is 1. The van der Waals surface area contributed by atoms with E-state index in [-0.39, 0.29) is 19.3 Å². The summed E-state index contributed by atoms with van der Waals surface area (Å²) in [5.41, 5.74) is 1.13. The van der Waals surface area contributed by atoms with E-state index in [1.807, 2.05) is 18.2 Å². The van der Waals surface area contributed by atoms with Gasteiger partial charge in [-0.25, -0.2) is 0 Å². The fraction of sp³-hybridized carbons (Fsp3) is 0.727.